The van der Waals surface area contributed by atoms with E-state index in [1.165, 1.54) is 5.56 Å². The smallest absolute Gasteiger partial charge is 0.119 e. The van der Waals surface area contributed by atoms with Crippen LogP contribution in [0.3, 0.4) is 0 Å². The van der Waals surface area contributed by atoms with Crippen LogP contribution < -0.4 is 10.1 Å². The molecule has 0 aliphatic carbocycles. The van der Waals surface area contributed by atoms with Gasteiger partial charge in [0.1, 0.15) is 5.75 Å². The first kappa shape index (κ1) is 18.4. The molecule has 4 heteroatoms. The Kier molecular flexibility index (Phi) is 5.78. The van der Waals surface area contributed by atoms with Gasteiger partial charge in [0.2, 0.25) is 0 Å². The summed E-state index contributed by atoms with van der Waals surface area (Å²) in [6, 6.07) is 29.0. The number of aliphatic imine (C=N–C) groups is 1. The second-order valence-electron chi connectivity index (χ2n) is 6.48. The van der Waals surface area contributed by atoms with Crippen LogP contribution in [0.5, 0.6) is 5.75 Å². The lowest BCUT2D eigenvalue weighted by Crippen LogP contribution is -2.01. The minimum absolute atomic E-state index is 0.218. The van der Waals surface area contributed by atoms with Crippen molar-refractivity contribution >= 4 is 28.2 Å². The summed E-state index contributed by atoms with van der Waals surface area (Å²) in [5.74, 6) is 1.82. The Bertz CT molecular complexity index is 967. The van der Waals surface area contributed by atoms with Crippen LogP contribution in [0, 0.1) is 0 Å². The highest BCUT2D eigenvalue weighted by Crippen LogP contribution is 2.32. The molecular formula is C24H22N2OS. The number of hydrogen-bond acceptors (Lipinski definition) is 4. The number of benzene rings is 3. The van der Waals surface area contributed by atoms with Crippen molar-refractivity contribution in [2.75, 3.05) is 18.2 Å². The van der Waals surface area contributed by atoms with Gasteiger partial charge in [-0.1, -0.05) is 60.7 Å². The van der Waals surface area contributed by atoms with Crippen LogP contribution >= 0.6 is 11.8 Å². The predicted molar refractivity (Wildman–Crippen MR) is 120 cm³/mol. The second-order valence-corrected chi connectivity index (χ2v) is 7.52. The molecule has 1 unspecified atom stereocenters. The number of methoxy groups -OCH3 is 1. The maximum atomic E-state index is 5.26. The minimum atomic E-state index is 0.218. The Morgan fingerprint density at radius 3 is 2.32 bits per heavy atom. The number of hydrogen-bond donors (Lipinski definition) is 1. The highest BCUT2D eigenvalue weighted by molar-refractivity contribution is 8.14. The summed E-state index contributed by atoms with van der Waals surface area (Å²) in [6.45, 7) is 0. The van der Waals surface area contributed by atoms with E-state index in [0.717, 1.165) is 33.5 Å². The summed E-state index contributed by atoms with van der Waals surface area (Å²) < 4.78 is 5.26. The van der Waals surface area contributed by atoms with Gasteiger partial charge in [-0.3, -0.25) is 4.99 Å². The maximum absolute atomic E-state index is 5.26. The molecule has 0 aromatic heterocycles. The van der Waals surface area contributed by atoms with Gasteiger partial charge in [-0.25, -0.2) is 0 Å². The third-order valence-corrected chi connectivity index (χ3v) is 5.58. The summed E-state index contributed by atoms with van der Waals surface area (Å²) in [5.41, 5.74) is 4.44. The summed E-state index contributed by atoms with van der Waals surface area (Å²) >= 11 is 1.80. The number of nitrogens with zero attached hydrogens (tertiary/aromatic N) is 1. The van der Waals surface area contributed by atoms with Crippen LogP contribution in [-0.4, -0.2) is 17.9 Å². The predicted octanol–water partition coefficient (Wildman–Crippen LogP) is 6.03. The van der Waals surface area contributed by atoms with Crippen molar-refractivity contribution in [1.29, 1.82) is 0 Å². The summed E-state index contributed by atoms with van der Waals surface area (Å²) in [4.78, 5) is 4.94. The van der Waals surface area contributed by atoms with Gasteiger partial charge in [0.25, 0.3) is 0 Å². The average molecular weight is 387 g/mol. The Hall–Kier alpha value is -2.98. The third kappa shape index (κ3) is 4.46. The van der Waals surface area contributed by atoms with E-state index in [-0.39, 0.29) is 6.04 Å². The van der Waals surface area contributed by atoms with Gasteiger partial charge < -0.3 is 10.1 Å². The summed E-state index contributed by atoms with van der Waals surface area (Å²) in [5, 5.41) is 4.59. The first-order valence-corrected chi connectivity index (χ1v) is 10.2. The molecule has 0 amide bonds. The molecule has 0 saturated heterocycles. The van der Waals surface area contributed by atoms with E-state index >= 15 is 0 Å². The Labute approximate surface area is 170 Å². The molecule has 0 saturated carbocycles. The Balaban J connectivity index is 1.61. The molecule has 0 spiro atoms. The molecule has 1 aliphatic rings. The standard InChI is InChI=1S/C24H22N2OS/c1-27-21-14-12-20(13-15-21)25-22(18-8-4-2-5-9-18)16-24-26-23(17-28-24)19-10-6-3-7-11-19/h2-16,23,25H,17H2,1H3. The van der Waals surface area contributed by atoms with Gasteiger partial charge in [-0.15, -0.1) is 11.8 Å². The van der Waals surface area contributed by atoms with Gasteiger partial charge in [0.05, 0.1) is 18.2 Å². The normalized spacial score (nSPS) is 16.5. The molecule has 3 aromatic rings. The highest BCUT2D eigenvalue weighted by Gasteiger charge is 2.19. The monoisotopic (exact) mass is 386 g/mol. The van der Waals surface area contributed by atoms with E-state index in [1.807, 2.05) is 36.4 Å². The van der Waals surface area contributed by atoms with Crippen molar-refractivity contribution in [2.24, 2.45) is 4.99 Å². The van der Waals surface area contributed by atoms with E-state index in [0.29, 0.717) is 0 Å². The fourth-order valence-corrected chi connectivity index (χ4v) is 4.08. The SMILES string of the molecule is COc1ccc(NC(=CC2=NC(c3ccccc3)CS2)c2ccccc2)cc1. The van der Waals surface area contributed by atoms with Gasteiger partial charge in [-0.2, -0.15) is 0 Å². The molecule has 28 heavy (non-hydrogen) atoms. The fraction of sp³-hybridized carbons (Fsp3) is 0.125. The molecule has 1 N–H and O–H groups in total. The number of nitrogens with one attached hydrogen (secondary N) is 1. The van der Waals surface area contributed by atoms with E-state index in [9.17, 15) is 0 Å². The van der Waals surface area contributed by atoms with Gasteiger partial charge >= 0.3 is 0 Å². The molecule has 0 bridgehead atoms. The zero-order valence-corrected chi connectivity index (χ0v) is 16.5. The van der Waals surface area contributed by atoms with Crippen molar-refractivity contribution < 1.29 is 4.74 Å². The van der Waals surface area contributed by atoms with Crippen LogP contribution in [0.4, 0.5) is 5.69 Å². The Morgan fingerprint density at radius 1 is 0.964 bits per heavy atom. The molecule has 1 heterocycles. The van der Waals surface area contributed by atoms with Crippen LogP contribution in [0.2, 0.25) is 0 Å². The lowest BCUT2D eigenvalue weighted by molar-refractivity contribution is 0.415. The minimum Gasteiger partial charge on any atom is -0.497 e. The van der Waals surface area contributed by atoms with Gasteiger partial charge in [-0.05, 0) is 41.5 Å². The lowest BCUT2D eigenvalue weighted by atomic mass is 10.1. The first-order chi connectivity index (χ1) is 13.8. The largest absolute Gasteiger partial charge is 0.497 e. The van der Waals surface area contributed by atoms with E-state index in [1.54, 1.807) is 18.9 Å². The van der Waals surface area contributed by atoms with Crippen LogP contribution in [0.1, 0.15) is 17.2 Å². The van der Waals surface area contributed by atoms with Gasteiger partial charge in [0.15, 0.2) is 0 Å². The molecule has 0 fully saturated rings. The van der Waals surface area contributed by atoms with Crippen molar-refractivity contribution in [1.82, 2.24) is 0 Å². The van der Waals surface area contributed by atoms with Crippen molar-refractivity contribution in [3.05, 3.63) is 102 Å². The molecular weight excluding hydrogens is 364 g/mol. The summed E-state index contributed by atoms with van der Waals surface area (Å²) in [7, 11) is 1.68. The van der Waals surface area contributed by atoms with Crippen LogP contribution in [0.15, 0.2) is 96.0 Å². The number of thioether (sulfide) groups is 1. The lowest BCUT2D eigenvalue weighted by Gasteiger charge is -2.12. The van der Waals surface area contributed by atoms with E-state index in [2.05, 4.69) is 59.9 Å². The molecule has 140 valence electrons. The first-order valence-electron chi connectivity index (χ1n) is 9.25. The Morgan fingerprint density at radius 2 is 1.64 bits per heavy atom. The van der Waals surface area contributed by atoms with Gasteiger partial charge in [0, 0.05) is 17.1 Å². The van der Waals surface area contributed by atoms with Crippen LogP contribution in [-0.2, 0) is 0 Å². The zero-order valence-electron chi connectivity index (χ0n) is 15.7. The molecule has 3 nitrogen and oxygen atoms in total. The molecule has 3 aromatic carbocycles. The molecule has 1 aliphatic heterocycles. The second kappa shape index (κ2) is 8.81. The van der Waals surface area contributed by atoms with E-state index in [4.69, 9.17) is 9.73 Å². The third-order valence-electron chi connectivity index (χ3n) is 4.58. The number of ether oxygens (including phenoxy) is 1. The number of rotatable bonds is 6. The zero-order chi connectivity index (χ0) is 19.2. The van der Waals surface area contributed by atoms with Crippen LogP contribution in [0.25, 0.3) is 5.70 Å². The van der Waals surface area contributed by atoms with Crippen molar-refractivity contribution in [2.45, 2.75) is 6.04 Å². The molecule has 1 atom stereocenters. The molecule has 0 radical (unpaired) electrons. The molecule has 4 rings (SSSR count). The quantitative estimate of drug-likeness (QED) is 0.561. The van der Waals surface area contributed by atoms with Crippen molar-refractivity contribution in [3.8, 4) is 5.75 Å². The average Bonchev–Trinajstić information content (AvgIpc) is 3.24. The maximum Gasteiger partial charge on any atom is 0.119 e. The number of anilines is 1. The van der Waals surface area contributed by atoms with Crippen molar-refractivity contribution in [3.63, 3.8) is 0 Å². The topological polar surface area (TPSA) is 33.6 Å². The highest BCUT2D eigenvalue weighted by atomic mass is 32.2. The van der Waals surface area contributed by atoms with E-state index < -0.39 is 0 Å². The summed E-state index contributed by atoms with van der Waals surface area (Å²) in [6.07, 6.45) is 2.15. The fourth-order valence-electron chi connectivity index (χ4n) is 3.08.